The van der Waals surface area contributed by atoms with Crippen LogP contribution in [-0.4, -0.2) is 22.8 Å². The molecule has 3 rings (SSSR count). The molecule has 0 spiro atoms. The highest BCUT2D eigenvalue weighted by Crippen LogP contribution is 2.23. The first-order chi connectivity index (χ1) is 13.1. The maximum absolute atomic E-state index is 12.3. The van der Waals surface area contributed by atoms with Crippen LogP contribution in [0.3, 0.4) is 0 Å². The highest BCUT2D eigenvalue weighted by atomic mass is 16.6. The Morgan fingerprint density at radius 3 is 2.52 bits per heavy atom. The molecule has 1 unspecified atom stereocenters. The van der Waals surface area contributed by atoms with Crippen LogP contribution in [0.25, 0.3) is 11.5 Å². The summed E-state index contributed by atoms with van der Waals surface area (Å²) in [5.74, 6) is 0.800. The number of aryl methyl sites for hydroxylation is 1. The third-order valence-electron chi connectivity index (χ3n) is 3.83. The molecule has 0 saturated heterocycles. The summed E-state index contributed by atoms with van der Waals surface area (Å²) in [6.45, 7) is 7.68. The van der Waals surface area contributed by atoms with Gasteiger partial charge in [-0.3, -0.25) is 0 Å². The lowest BCUT2D eigenvalue weighted by molar-refractivity contribution is 0.0280. The standard InChI is InChI=1S/C21H20N2O4/c1-4-13-25-18-11-9-17(10-12-18)21(24)26-15(3)19-22-23-20(27-19)16-7-5-14(2)6-8-16/h4-12,15H,1,13H2,2-3H3. The molecule has 0 aliphatic carbocycles. The van der Waals surface area contributed by atoms with Crippen LogP contribution in [0.15, 0.2) is 65.6 Å². The molecule has 0 bridgehead atoms. The van der Waals surface area contributed by atoms with Gasteiger partial charge >= 0.3 is 5.97 Å². The molecule has 2 aromatic carbocycles. The van der Waals surface area contributed by atoms with Crippen molar-refractivity contribution in [3.05, 3.63) is 78.2 Å². The second-order valence-corrected chi connectivity index (χ2v) is 5.98. The zero-order chi connectivity index (χ0) is 19.2. The van der Waals surface area contributed by atoms with Crippen LogP contribution in [0.4, 0.5) is 0 Å². The van der Waals surface area contributed by atoms with E-state index in [1.807, 2.05) is 31.2 Å². The van der Waals surface area contributed by atoms with Crippen molar-refractivity contribution in [1.29, 1.82) is 0 Å². The van der Waals surface area contributed by atoms with Crippen LogP contribution in [-0.2, 0) is 4.74 Å². The van der Waals surface area contributed by atoms with Crippen LogP contribution < -0.4 is 4.74 Å². The Labute approximate surface area is 157 Å². The van der Waals surface area contributed by atoms with Gasteiger partial charge in [0.25, 0.3) is 5.89 Å². The van der Waals surface area contributed by atoms with E-state index >= 15 is 0 Å². The van der Waals surface area contributed by atoms with Crippen LogP contribution in [0.1, 0.15) is 34.8 Å². The summed E-state index contributed by atoms with van der Waals surface area (Å²) >= 11 is 0. The van der Waals surface area contributed by atoms with E-state index in [9.17, 15) is 4.79 Å². The minimum atomic E-state index is -0.666. The van der Waals surface area contributed by atoms with Gasteiger partial charge in [0.1, 0.15) is 12.4 Å². The van der Waals surface area contributed by atoms with Gasteiger partial charge in [-0.25, -0.2) is 4.79 Å². The predicted molar refractivity (Wildman–Crippen MR) is 100 cm³/mol. The second-order valence-electron chi connectivity index (χ2n) is 5.98. The molecule has 0 aliphatic rings. The van der Waals surface area contributed by atoms with E-state index in [0.717, 1.165) is 11.1 Å². The van der Waals surface area contributed by atoms with E-state index in [4.69, 9.17) is 13.9 Å². The molecule has 1 atom stereocenters. The molecule has 0 saturated carbocycles. The fourth-order valence-electron chi connectivity index (χ4n) is 2.33. The maximum Gasteiger partial charge on any atom is 0.338 e. The molecule has 0 fully saturated rings. The summed E-state index contributed by atoms with van der Waals surface area (Å²) < 4.78 is 16.5. The van der Waals surface area contributed by atoms with Crippen molar-refractivity contribution in [3.8, 4) is 17.2 Å². The van der Waals surface area contributed by atoms with E-state index in [-0.39, 0.29) is 5.89 Å². The summed E-state index contributed by atoms with van der Waals surface area (Å²) in [4.78, 5) is 12.3. The van der Waals surface area contributed by atoms with Gasteiger partial charge in [-0.05, 0) is 50.2 Å². The molecule has 1 heterocycles. The number of carbonyl (C=O) groups excluding carboxylic acids is 1. The Morgan fingerprint density at radius 1 is 1.15 bits per heavy atom. The summed E-state index contributed by atoms with van der Waals surface area (Å²) in [5.41, 5.74) is 2.36. The number of benzene rings is 2. The maximum atomic E-state index is 12.3. The third-order valence-corrected chi connectivity index (χ3v) is 3.83. The number of nitrogens with zero attached hydrogens (tertiary/aromatic N) is 2. The predicted octanol–water partition coefficient (Wildman–Crippen LogP) is 4.53. The van der Waals surface area contributed by atoms with E-state index in [0.29, 0.717) is 23.8 Å². The largest absolute Gasteiger partial charge is 0.490 e. The van der Waals surface area contributed by atoms with Crippen molar-refractivity contribution >= 4 is 5.97 Å². The fraction of sp³-hybridized carbons (Fsp3) is 0.190. The average molecular weight is 364 g/mol. The topological polar surface area (TPSA) is 74.5 Å². The molecular weight excluding hydrogens is 344 g/mol. The molecule has 0 aliphatic heterocycles. The van der Waals surface area contributed by atoms with Crippen molar-refractivity contribution < 1.29 is 18.7 Å². The van der Waals surface area contributed by atoms with Crippen LogP contribution >= 0.6 is 0 Å². The van der Waals surface area contributed by atoms with Gasteiger partial charge in [-0.15, -0.1) is 10.2 Å². The fourth-order valence-corrected chi connectivity index (χ4v) is 2.33. The molecule has 0 radical (unpaired) electrons. The number of rotatable bonds is 7. The van der Waals surface area contributed by atoms with E-state index in [2.05, 4.69) is 16.8 Å². The number of esters is 1. The number of hydrogen-bond acceptors (Lipinski definition) is 6. The van der Waals surface area contributed by atoms with Gasteiger partial charge in [0.15, 0.2) is 6.10 Å². The van der Waals surface area contributed by atoms with Gasteiger partial charge in [0, 0.05) is 5.56 Å². The Kier molecular flexibility index (Phi) is 5.66. The number of carbonyl (C=O) groups is 1. The molecule has 0 amide bonds. The molecule has 6 heteroatoms. The van der Waals surface area contributed by atoms with Gasteiger partial charge in [0.05, 0.1) is 5.56 Å². The van der Waals surface area contributed by atoms with Crippen LogP contribution in [0.5, 0.6) is 5.75 Å². The van der Waals surface area contributed by atoms with Gasteiger partial charge < -0.3 is 13.9 Å². The summed E-state index contributed by atoms with van der Waals surface area (Å²) in [7, 11) is 0. The smallest absolute Gasteiger partial charge is 0.338 e. The van der Waals surface area contributed by atoms with E-state index in [1.165, 1.54) is 0 Å². The highest BCUT2D eigenvalue weighted by molar-refractivity contribution is 5.89. The first-order valence-electron chi connectivity index (χ1n) is 8.52. The first kappa shape index (κ1) is 18.4. The quantitative estimate of drug-likeness (QED) is 0.453. The summed E-state index contributed by atoms with van der Waals surface area (Å²) in [6, 6.07) is 14.4. The average Bonchev–Trinajstić information content (AvgIpc) is 3.17. The van der Waals surface area contributed by atoms with Crippen LogP contribution in [0, 0.1) is 6.92 Å². The highest BCUT2D eigenvalue weighted by Gasteiger charge is 2.20. The Balaban J connectivity index is 1.64. The lowest BCUT2D eigenvalue weighted by Crippen LogP contribution is -2.09. The Bertz CT molecular complexity index is 914. The first-order valence-corrected chi connectivity index (χ1v) is 8.52. The number of ether oxygens (including phenoxy) is 2. The minimum absolute atomic E-state index is 0.241. The van der Waals surface area contributed by atoms with Gasteiger partial charge in [-0.1, -0.05) is 30.4 Å². The second kappa shape index (κ2) is 8.31. The normalized spacial score (nSPS) is 11.6. The van der Waals surface area contributed by atoms with Crippen LogP contribution in [0.2, 0.25) is 0 Å². The molecule has 3 aromatic rings. The number of aromatic nitrogens is 2. The third kappa shape index (κ3) is 4.61. The van der Waals surface area contributed by atoms with Crippen molar-refractivity contribution in [1.82, 2.24) is 10.2 Å². The monoisotopic (exact) mass is 364 g/mol. The minimum Gasteiger partial charge on any atom is -0.490 e. The van der Waals surface area contributed by atoms with Crippen molar-refractivity contribution in [2.75, 3.05) is 6.61 Å². The van der Waals surface area contributed by atoms with E-state index < -0.39 is 12.1 Å². The van der Waals surface area contributed by atoms with Gasteiger partial charge in [-0.2, -0.15) is 0 Å². The molecule has 1 aromatic heterocycles. The lowest BCUT2D eigenvalue weighted by atomic mass is 10.1. The zero-order valence-electron chi connectivity index (χ0n) is 15.2. The van der Waals surface area contributed by atoms with Gasteiger partial charge in [0.2, 0.25) is 5.89 Å². The van der Waals surface area contributed by atoms with Crippen molar-refractivity contribution in [2.24, 2.45) is 0 Å². The number of hydrogen-bond donors (Lipinski definition) is 0. The molecular formula is C21H20N2O4. The Hall–Kier alpha value is -3.41. The Morgan fingerprint density at radius 2 is 1.85 bits per heavy atom. The SMILES string of the molecule is C=CCOc1ccc(C(=O)OC(C)c2nnc(-c3ccc(C)cc3)o2)cc1. The lowest BCUT2D eigenvalue weighted by Gasteiger charge is -2.10. The molecule has 0 N–H and O–H groups in total. The molecule has 6 nitrogen and oxygen atoms in total. The zero-order valence-corrected chi connectivity index (χ0v) is 15.2. The van der Waals surface area contributed by atoms with E-state index in [1.54, 1.807) is 37.3 Å². The summed E-state index contributed by atoms with van der Waals surface area (Å²) in [6.07, 6.45) is 0.986. The molecule has 27 heavy (non-hydrogen) atoms. The molecule has 138 valence electrons. The van der Waals surface area contributed by atoms with Crippen molar-refractivity contribution in [3.63, 3.8) is 0 Å². The summed E-state index contributed by atoms with van der Waals surface area (Å²) in [5, 5.41) is 8.01. The van der Waals surface area contributed by atoms with Crippen molar-refractivity contribution in [2.45, 2.75) is 20.0 Å².